The number of rotatable bonds is 2. The van der Waals surface area contributed by atoms with Gasteiger partial charge in [0.05, 0.1) is 11.4 Å². The fourth-order valence-corrected chi connectivity index (χ4v) is 2.28. The second-order valence-electron chi connectivity index (χ2n) is 3.87. The molecule has 1 aromatic rings. The van der Waals surface area contributed by atoms with E-state index in [4.69, 9.17) is 5.73 Å². The summed E-state index contributed by atoms with van der Waals surface area (Å²) in [7, 11) is 0. The van der Waals surface area contributed by atoms with Crippen LogP contribution in [0.4, 0.5) is 11.4 Å². The molecule has 2 rings (SSSR count). The number of nitrogens with one attached hydrogen (secondary N) is 1. The molecule has 3 N–H and O–H groups in total. The molecule has 4 heteroatoms. The van der Waals surface area contributed by atoms with Crippen molar-refractivity contribution in [3.8, 4) is 0 Å². The van der Waals surface area contributed by atoms with E-state index in [2.05, 4.69) is 51.3 Å². The smallest absolute Gasteiger partial charge is 0.0606 e. The van der Waals surface area contributed by atoms with Crippen LogP contribution in [0.25, 0.3) is 0 Å². The van der Waals surface area contributed by atoms with Gasteiger partial charge in [-0.05, 0) is 25.1 Å². The molecule has 0 aliphatic carbocycles. The Morgan fingerprint density at radius 1 is 1.60 bits per heavy atom. The van der Waals surface area contributed by atoms with Gasteiger partial charge in [0.15, 0.2) is 0 Å². The van der Waals surface area contributed by atoms with Crippen LogP contribution >= 0.6 is 15.9 Å². The van der Waals surface area contributed by atoms with Gasteiger partial charge in [0, 0.05) is 30.1 Å². The lowest BCUT2D eigenvalue weighted by Crippen LogP contribution is -2.43. The summed E-state index contributed by atoms with van der Waals surface area (Å²) in [5.41, 5.74) is 8.16. The Balaban J connectivity index is 2.34. The lowest BCUT2D eigenvalue weighted by Gasteiger charge is -2.36. The average molecular weight is 270 g/mol. The van der Waals surface area contributed by atoms with Gasteiger partial charge in [-0.15, -0.1) is 0 Å². The van der Waals surface area contributed by atoms with E-state index >= 15 is 0 Å². The standard InChI is InChI=1S/C11H16BrN3/c1-8(7-13)15-5-4-14-10-6-9(12)2-3-11(10)15/h2-3,6,8,14H,4-5,7,13H2,1H3. The van der Waals surface area contributed by atoms with Crippen LogP contribution in [0.5, 0.6) is 0 Å². The van der Waals surface area contributed by atoms with E-state index in [1.807, 2.05) is 0 Å². The lowest BCUT2D eigenvalue weighted by molar-refractivity contribution is 0.641. The van der Waals surface area contributed by atoms with Gasteiger partial charge in [-0.2, -0.15) is 0 Å². The third-order valence-electron chi connectivity index (χ3n) is 2.81. The molecule has 1 aliphatic heterocycles. The maximum Gasteiger partial charge on any atom is 0.0606 e. The monoisotopic (exact) mass is 269 g/mol. The van der Waals surface area contributed by atoms with Crippen LogP contribution in [0, 0.1) is 0 Å². The SMILES string of the molecule is CC(CN)N1CCNc2cc(Br)ccc21. The van der Waals surface area contributed by atoms with Crippen molar-refractivity contribution in [2.75, 3.05) is 29.9 Å². The molecule has 0 bridgehead atoms. The number of anilines is 2. The van der Waals surface area contributed by atoms with Crippen LogP contribution in [0.3, 0.4) is 0 Å². The van der Waals surface area contributed by atoms with Crippen LogP contribution in [0.1, 0.15) is 6.92 Å². The van der Waals surface area contributed by atoms with Crippen molar-refractivity contribution in [1.82, 2.24) is 0 Å². The lowest BCUT2D eigenvalue weighted by atomic mass is 10.1. The molecule has 0 saturated heterocycles. The van der Waals surface area contributed by atoms with Crippen LogP contribution in [-0.4, -0.2) is 25.7 Å². The Kier molecular flexibility index (Phi) is 3.17. The number of hydrogen-bond donors (Lipinski definition) is 2. The van der Waals surface area contributed by atoms with Crippen molar-refractivity contribution in [1.29, 1.82) is 0 Å². The Bertz CT molecular complexity index is 354. The summed E-state index contributed by atoms with van der Waals surface area (Å²) in [5.74, 6) is 0. The fraction of sp³-hybridized carbons (Fsp3) is 0.455. The molecule has 1 aliphatic rings. The zero-order chi connectivity index (χ0) is 10.8. The topological polar surface area (TPSA) is 41.3 Å². The minimum atomic E-state index is 0.395. The summed E-state index contributed by atoms with van der Waals surface area (Å²) in [6.07, 6.45) is 0. The predicted molar refractivity (Wildman–Crippen MR) is 68.5 cm³/mol. The van der Waals surface area contributed by atoms with E-state index < -0.39 is 0 Å². The van der Waals surface area contributed by atoms with Crippen LogP contribution in [0.2, 0.25) is 0 Å². The maximum absolute atomic E-state index is 5.72. The van der Waals surface area contributed by atoms with Gasteiger partial charge in [0.25, 0.3) is 0 Å². The molecule has 0 aromatic heterocycles. The highest BCUT2D eigenvalue weighted by molar-refractivity contribution is 9.10. The highest BCUT2D eigenvalue weighted by Gasteiger charge is 2.19. The van der Waals surface area contributed by atoms with E-state index in [1.165, 1.54) is 11.4 Å². The third kappa shape index (κ3) is 2.11. The number of nitrogens with zero attached hydrogens (tertiary/aromatic N) is 1. The Labute approximate surface area is 98.8 Å². The minimum Gasteiger partial charge on any atom is -0.382 e. The van der Waals surface area contributed by atoms with Crippen molar-refractivity contribution in [2.24, 2.45) is 5.73 Å². The van der Waals surface area contributed by atoms with E-state index in [9.17, 15) is 0 Å². The average Bonchev–Trinajstić information content (AvgIpc) is 2.26. The third-order valence-corrected chi connectivity index (χ3v) is 3.30. The van der Waals surface area contributed by atoms with Crippen LogP contribution < -0.4 is 16.0 Å². The maximum atomic E-state index is 5.72. The predicted octanol–water partition coefficient (Wildman–Crippen LogP) is 2.03. The van der Waals surface area contributed by atoms with Crippen molar-refractivity contribution in [3.05, 3.63) is 22.7 Å². The second kappa shape index (κ2) is 4.41. The highest BCUT2D eigenvalue weighted by Crippen LogP contribution is 2.32. The van der Waals surface area contributed by atoms with Crippen molar-refractivity contribution in [3.63, 3.8) is 0 Å². The first kappa shape index (κ1) is 10.8. The van der Waals surface area contributed by atoms with E-state index in [1.54, 1.807) is 0 Å². The number of benzene rings is 1. The minimum absolute atomic E-state index is 0.395. The first-order chi connectivity index (χ1) is 7.22. The van der Waals surface area contributed by atoms with E-state index in [0.717, 1.165) is 17.6 Å². The number of hydrogen-bond acceptors (Lipinski definition) is 3. The normalized spacial score (nSPS) is 16.9. The zero-order valence-corrected chi connectivity index (χ0v) is 10.4. The quantitative estimate of drug-likeness (QED) is 0.864. The van der Waals surface area contributed by atoms with Crippen molar-refractivity contribution >= 4 is 27.3 Å². The molecular formula is C11H16BrN3. The van der Waals surface area contributed by atoms with Gasteiger partial charge < -0.3 is 16.0 Å². The summed E-state index contributed by atoms with van der Waals surface area (Å²) in [4.78, 5) is 2.36. The van der Waals surface area contributed by atoms with Gasteiger partial charge in [-0.1, -0.05) is 15.9 Å². The first-order valence-electron chi connectivity index (χ1n) is 5.22. The molecule has 0 amide bonds. The van der Waals surface area contributed by atoms with Gasteiger partial charge in [-0.25, -0.2) is 0 Å². The molecule has 0 radical (unpaired) electrons. The molecule has 3 nitrogen and oxygen atoms in total. The van der Waals surface area contributed by atoms with Crippen LogP contribution in [-0.2, 0) is 0 Å². The van der Waals surface area contributed by atoms with E-state index in [0.29, 0.717) is 12.6 Å². The Morgan fingerprint density at radius 3 is 3.13 bits per heavy atom. The second-order valence-corrected chi connectivity index (χ2v) is 4.78. The summed E-state index contributed by atoms with van der Waals surface area (Å²) >= 11 is 3.48. The molecule has 1 aromatic carbocycles. The first-order valence-corrected chi connectivity index (χ1v) is 6.02. The molecular weight excluding hydrogens is 254 g/mol. The number of nitrogens with two attached hydrogens (primary N) is 1. The van der Waals surface area contributed by atoms with Gasteiger partial charge in [0.2, 0.25) is 0 Å². The zero-order valence-electron chi connectivity index (χ0n) is 8.83. The summed E-state index contributed by atoms with van der Waals surface area (Å²) in [6, 6.07) is 6.72. The summed E-state index contributed by atoms with van der Waals surface area (Å²) in [6.45, 7) is 4.85. The van der Waals surface area contributed by atoms with E-state index in [-0.39, 0.29) is 0 Å². The molecule has 1 heterocycles. The molecule has 15 heavy (non-hydrogen) atoms. The molecule has 1 unspecified atom stereocenters. The molecule has 0 saturated carbocycles. The van der Waals surface area contributed by atoms with Gasteiger partial charge >= 0.3 is 0 Å². The number of fused-ring (bicyclic) bond motifs is 1. The summed E-state index contributed by atoms with van der Waals surface area (Å²) < 4.78 is 1.11. The molecule has 0 spiro atoms. The summed E-state index contributed by atoms with van der Waals surface area (Å²) in [5, 5.41) is 3.40. The molecule has 1 atom stereocenters. The van der Waals surface area contributed by atoms with Gasteiger partial charge in [-0.3, -0.25) is 0 Å². The van der Waals surface area contributed by atoms with Crippen molar-refractivity contribution in [2.45, 2.75) is 13.0 Å². The van der Waals surface area contributed by atoms with Crippen molar-refractivity contribution < 1.29 is 0 Å². The van der Waals surface area contributed by atoms with Gasteiger partial charge in [0.1, 0.15) is 0 Å². The molecule has 82 valence electrons. The Morgan fingerprint density at radius 2 is 2.40 bits per heavy atom. The largest absolute Gasteiger partial charge is 0.382 e. The number of halogens is 1. The van der Waals surface area contributed by atoms with Crippen LogP contribution in [0.15, 0.2) is 22.7 Å². The molecule has 0 fully saturated rings. The fourth-order valence-electron chi connectivity index (χ4n) is 1.92. The highest BCUT2D eigenvalue weighted by atomic mass is 79.9. The Hall–Kier alpha value is -0.740.